The number of thioether (sulfide) groups is 1. The number of β-lactam (4-membered cyclic amide) rings is 1. The fourth-order valence-corrected chi connectivity index (χ4v) is 7.45. The number of carboxylic acid groups (broad SMARTS) is 1. The molecule has 0 spiro atoms. The van der Waals surface area contributed by atoms with Crippen LogP contribution in [0.3, 0.4) is 0 Å². The van der Waals surface area contributed by atoms with Crippen LogP contribution < -0.4 is 20.9 Å². The van der Waals surface area contributed by atoms with Crippen LogP contribution in [0.2, 0.25) is 0 Å². The van der Waals surface area contributed by atoms with Crippen LogP contribution in [-0.4, -0.2) is 84.1 Å². The highest BCUT2D eigenvalue weighted by Gasteiger charge is 2.54. The van der Waals surface area contributed by atoms with Crippen molar-refractivity contribution in [3.8, 4) is 0 Å². The maximum atomic E-state index is 13.4. The highest BCUT2D eigenvalue weighted by Crippen LogP contribution is 2.41. The maximum Gasteiger partial charge on any atom is 0.352 e. The lowest BCUT2D eigenvalue weighted by Crippen LogP contribution is -2.71. The van der Waals surface area contributed by atoms with Gasteiger partial charge in [-0.3, -0.25) is 24.1 Å². The molecule has 2 fully saturated rings. The quantitative estimate of drug-likeness (QED) is 0.0504. The number of rotatable bonds is 10. The van der Waals surface area contributed by atoms with Crippen molar-refractivity contribution in [3.05, 3.63) is 93.9 Å². The molecule has 4 amide bonds. The lowest BCUT2D eigenvalue weighted by Gasteiger charge is -2.49. The number of carboxylic acids is 1. The molecular weight excluding hydrogens is 699 g/mol. The van der Waals surface area contributed by atoms with Gasteiger partial charge in [-0.25, -0.2) is 18.6 Å². The molecule has 0 saturated carbocycles. The van der Waals surface area contributed by atoms with Crippen LogP contribution >= 0.6 is 23.1 Å². The van der Waals surface area contributed by atoms with E-state index in [-0.39, 0.29) is 52.5 Å². The third-order valence-corrected chi connectivity index (χ3v) is 9.97. The summed E-state index contributed by atoms with van der Waals surface area (Å²) in [6.07, 6.45) is 5.13. The molecule has 2 atom stereocenters. The van der Waals surface area contributed by atoms with Gasteiger partial charge in [0.15, 0.2) is 34.9 Å². The van der Waals surface area contributed by atoms with Gasteiger partial charge in [-0.1, -0.05) is 5.16 Å². The molecular formula is C31H27F2N8O7S2+. The van der Waals surface area contributed by atoms with E-state index in [2.05, 4.69) is 20.8 Å². The monoisotopic (exact) mass is 725 g/mol. The highest BCUT2D eigenvalue weighted by atomic mass is 32.2. The zero-order valence-corrected chi connectivity index (χ0v) is 27.3. The summed E-state index contributed by atoms with van der Waals surface area (Å²) in [6, 6.07) is 5.42. The Balaban J connectivity index is 1.07. The first kappa shape index (κ1) is 34.2. The van der Waals surface area contributed by atoms with Crippen molar-refractivity contribution < 1.29 is 47.6 Å². The molecule has 0 radical (unpaired) electrons. The number of hydrogen-bond donors (Lipinski definition) is 5. The van der Waals surface area contributed by atoms with Gasteiger partial charge in [-0.15, -0.1) is 23.1 Å². The summed E-state index contributed by atoms with van der Waals surface area (Å²) in [7, 11) is 0. The predicted octanol–water partition coefficient (Wildman–Crippen LogP) is 1.21. The predicted molar refractivity (Wildman–Crippen MR) is 174 cm³/mol. The van der Waals surface area contributed by atoms with Crippen molar-refractivity contribution in [1.29, 1.82) is 0 Å². The van der Waals surface area contributed by atoms with Crippen LogP contribution in [0.15, 0.2) is 76.2 Å². The van der Waals surface area contributed by atoms with Gasteiger partial charge in [0.2, 0.25) is 12.5 Å². The molecule has 5 heterocycles. The number of amides is 4. The Labute approximate surface area is 289 Å². The number of allylic oxidation sites excluding steroid dienone is 1. The van der Waals surface area contributed by atoms with E-state index in [1.807, 2.05) is 0 Å². The van der Waals surface area contributed by atoms with Gasteiger partial charge in [0, 0.05) is 53.7 Å². The third-order valence-electron chi connectivity index (χ3n) is 7.99. The number of oxime groups is 1. The molecule has 50 heavy (non-hydrogen) atoms. The summed E-state index contributed by atoms with van der Waals surface area (Å²) in [5, 5.41) is 28.2. The number of hydrogen-bond acceptors (Lipinski definition) is 11. The van der Waals surface area contributed by atoms with Crippen molar-refractivity contribution in [1.82, 2.24) is 20.1 Å². The van der Waals surface area contributed by atoms with Gasteiger partial charge in [0.1, 0.15) is 22.8 Å². The Hall–Kier alpha value is -5.69. The van der Waals surface area contributed by atoms with Crippen molar-refractivity contribution >= 4 is 69.2 Å². The first-order valence-corrected chi connectivity index (χ1v) is 16.7. The van der Waals surface area contributed by atoms with Crippen LogP contribution in [0.5, 0.6) is 0 Å². The standard InChI is InChI=1S/C31H26F2N8O7S2/c32-19-2-1-18(10-20(19)33)35-22(42)12-39-6-3-15(4-7-39)11-40-8-5-16(27(40)44)9-17-13-49-29-24(28(45)41(29)25(17)30(46)47)37-26(43)23(38-48)21-14-50-31(34)36-21/h1-4,6-7,9-10,14,24,29H,5,8,11-13H2,(H5-,34,35,36,37,42,43,46,47,48)/p+1/t24-,29-/m1/s1. The van der Waals surface area contributed by atoms with E-state index in [9.17, 15) is 43.1 Å². The number of nitrogens with zero attached hydrogens (tertiary/aromatic N) is 5. The number of anilines is 2. The van der Waals surface area contributed by atoms with E-state index in [1.165, 1.54) is 29.3 Å². The number of aromatic nitrogens is 2. The number of benzene rings is 1. The molecule has 1 aromatic carbocycles. The van der Waals surface area contributed by atoms with E-state index in [0.717, 1.165) is 33.9 Å². The summed E-state index contributed by atoms with van der Waals surface area (Å²) in [5.41, 5.74) is 6.41. The highest BCUT2D eigenvalue weighted by molar-refractivity contribution is 8.00. The zero-order chi connectivity index (χ0) is 35.7. The minimum atomic E-state index is -1.37. The number of likely N-dealkylation sites (tertiary alicyclic amines) is 1. The fourth-order valence-electron chi connectivity index (χ4n) is 5.59. The Morgan fingerprint density at radius 2 is 1.92 bits per heavy atom. The number of nitrogens with two attached hydrogens (primary N) is 1. The third kappa shape index (κ3) is 6.90. The molecule has 2 saturated heterocycles. The largest absolute Gasteiger partial charge is 0.477 e. The number of fused-ring (bicyclic) bond motifs is 1. The molecule has 0 bridgehead atoms. The van der Waals surface area contributed by atoms with Crippen molar-refractivity contribution in [2.24, 2.45) is 5.16 Å². The minimum absolute atomic E-state index is 0.0161. The normalized spacial score (nSPS) is 19.8. The topological polar surface area (TPSA) is 211 Å². The summed E-state index contributed by atoms with van der Waals surface area (Å²) in [6.45, 7) is 0.525. The van der Waals surface area contributed by atoms with Crippen molar-refractivity contribution in [3.63, 3.8) is 0 Å². The summed E-state index contributed by atoms with van der Waals surface area (Å²) >= 11 is 2.24. The molecule has 3 aliphatic rings. The van der Waals surface area contributed by atoms with Crippen molar-refractivity contribution in [2.75, 3.05) is 23.3 Å². The van der Waals surface area contributed by atoms with E-state index in [0.29, 0.717) is 18.5 Å². The van der Waals surface area contributed by atoms with Crippen LogP contribution in [0.25, 0.3) is 0 Å². The van der Waals surface area contributed by atoms with Gasteiger partial charge >= 0.3 is 5.97 Å². The Bertz CT molecular complexity index is 2020. The van der Waals surface area contributed by atoms with E-state index < -0.39 is 52.5 Å². The fraction of sp³-hybridized carbons (Fsp3) is 0.226. The number of thiazole rings is 1. The van der Waals surface area contributed by atoms with E-state index >= 15 is 0 Å². The van der Waals surface area contributed by atoms with Gasteiger partial charge < -0.3 is 31.6 Å². The SMILES string of the molecule is Nc1nc(/C(=N/O)C(=O)N[C@@H]2C(=O)N3C(C(=O)O)=C(C=C4CCN(Cc5cc[n+](CC(=O)Nc6ccc(F)c(F)c6)cc5)C4=O)CS[C@H]23)cs1. The summed E-state index contributed by atoms with van der Waals surface area (Å²) in [5.74, 6) is -5.64. The molecule has 0 unspecified atom stereocenters. The van der Waals surface area contributed by atoms with Crippen LogP contribution in [0.1, 0.15) is 17.7 Å². The molecule has 15 nitrogen and oxygen atoms in total. The first-order valence-electron chi connectivity index (χ1n) is 14.8. The lowest BCUT2D eigenvalue weighted by molar-refractivity contribution is -0.684. The average Bonchev–Trinajstić information content (AvgIpc) is 3.66. The van der Waals surface area contributed by atoms with E-state index in [4.69, 9.17) is 5.73 Å². The molecule has 0 aliphatic carbocycles. The second-order valence-corrected chi connectivity index (χ2v) is 13.3. The molecule has 2 aromatic heterocycles. The van der Waals surface area contributed by atoms with Gasteiger partial charge in [-0.2, -0.15) is 4.57 Å². The molecule has 19 heteroatoms. The second-order valence-electron chi connectivity index (χ2n) is 11.3. The Morgan fingerprint density at radius 3 is 2.58 bits per heavy atom. The number of pyridine rings is 1. The Kier molecular flexibility index (Phi) is 9.60. The van der Waals surface area contributed by atoms with Crippen LogP contribution in [0, 0.1) is 11.6 Å². The van der Waals surface area contributed by atoms with Gasteiger partial charge in [0.25, 0.3) is 17.7 Å². The average molecular weight is 726 g/mol. The van der Waals surface area contributed by atoms with Gasteiger partial charge in [-0.05, 0) is 35.8 Å². The van der Waals surface area contributed by atoms with Crippen LogP contribution in [-0.2, 0) is 37.1 Å². The first-order chi connectivity index (χ1) is 23.9. The zero-order valence-electron chi connectivity index (χ0n) is 25.7. The minimum Gasteiger partial charge on any atom is -0.477 e. The molecule has 6 rings (SSSR count). The second kappa shape index (κ2) is 14.0. The summed E-state index contributed by atoms with van der Waals surface area (Å²) < 4.78 is 28.1. The van der Waals surface area contributed by atoms with Crippen molar-refractivity contribution in [2.45, 2.75) is 30.9 Å². The molecule has 3 aliphatic heterocycles. The number of carbonyl (C=O) groups is 5. The van der Waals surface area contributed by atoms with Gasteiger partial charge in [0.05, 0.1) is 0 Å². The number of halogens is 2. The smallest absolute Gasteiger partial charge is 0.352 e. The molecule has 3 aromatic rings. The number of nitrogen functional groups attached to an aromatic ring is 1. The molecule has 6 N–H and O–H groups in total. The molecule has 258 valence electrons. The number of carbonyl (C=O) groups excluding carboxylic acids is 4. The number of aliphatic carboxylic acids is 1. The lowest BCUT2D eigenvalue weighted by atomic mass is 10.0. The van der Waals surface area contributed by atoms with E-state index in [1.54, 1.807) is 34.0 Å². The number of nitrogens with one attached hydrogen (secondary N) is 2. The Morgan fingerprint density at radius 1 is 1.16 bits per heavy atom. The summed E-state index contributed by atoms with van der Waals surface area (Å²) in [4.78, 5) is 70.4. The van der Waals surface area contributed by atoms with Crippen LogP contribution in [0.4, 0.5) is 19.6 Å². The maximum absolute atomic E-state index is 13.4.